The van der Waals surface area contributed by atoms with Gasteiger partial charge >= 0.3 is 33.2 Å². The highest BCUT2D eigenvalue weighted by molar-refractivity contribution is 7.90. The summed E-state index contributed by atoms with van der Waals surface area (Å²) in [5, 5.41) is 13.0. The number of hydroxylamine groups is 2. The van der Waals surface area contributed by atoms with Crippen molar-refractivity contribution in [2.24, 2.45) is 0 Å². The van der Waals surface area contributed by atoms with E-state index in [4.69, 9.17) is 25.3 Å². The van der Waals surface area contributed by atoms with Gasteiger partial charge in [-0.05, 0) is 67.3 Å². The molecule has 1 aliphatic heterocycles. The number of aromatic carboxylic acids is 1. The molecule has 9 N–H and O–H groups in total. The predicted octanol–water partition coefficient (Wildman–Crippen LogP) is 2.10. The number of nitrogens with two attached hydrogens (primary N) is 2. The number of hydrogen-bond acceptors (Lipinski definition) is 14. The largest absolute Gasteiger partial charge is 0.478 e. The van der Waals surface area contributed by atoms with Gasteiger partial charge in [0.2, 0.25) is 9.79 Å². The number of carbonyl (C=O) groups is 5. The number of carboxylic acids is 1. The van der Waals surface area contributed by atoms with Crippen LogP contribution in [-0.2, 0) is 49.5 Å². The first kappa shape index (κ1) is 43.3. The van der Waals surface area contributed by atoms with E-state index in [0.29, 0.717) is 24.3 Å². The number of nitrogens with one attached hydrogen (secondary N) is 2. The third-order valence-electron chi connectivity index (χ3n) is 8.75. The van der Waals surface area contributed by atoms with Crippen molar-refractivity contribution in [2.45, 2.75) is 54.7 Å². The first-order valence-electron chi connectivity index (χ1n) is 17.2. The standard InChI is InChI=1S/C34H35N5O16S3/c35-23-10-8-20-28(21-9-11-24(36)32(58(51,52)53)30(21)54-29(20)31(23)57(49,50)38-15-4-16-56(46,47)48)22-17-18(6-7-19(22)34(44)45)33(43)37-14-3-1-2-5-27(42)55-39-25(40)12-13-26(39)41/h6-11,17,38H,1-5,12-16,35-36H2,(H3-,37,43,44,45,46,47,48,51,52,53)/p+1. The van der Waals surface area contributed by atoms with Crippen LogP contribution in [-0.4, -0.2) is 93.0 Å². The number of rotatable bonds is 17. The van der Waals surface area contributed by atoms with Gasteiger partial charge < -0.3 is 26.7 Å². The zero-order valence-corrected chi connectivity index (χ0v) is 32.5. The number of fused-ring (bicyclic) bond motifs is 2. The average molecular weight is 867 g/mol. The lowest BCUT2D eigenvalue weighted by Gasteiger charge is -2.14. The summed E-state index contributed by atoms with van der Waals surface area (Å²) in [5.41, 5.74) is 8.72. The van der Waals surface area contributed by atoms with Gasteiger partial charge in [0, 0.05) is 43.5 Å². The van der Waals surface area contributed by atoms with Gasteiger partial charge in [-0.15, -0.1) is 5.06 Å². The summed E-state index contributed by atoms with van der Waals surface area (Å²) >= 11 is 0. The number of carbonyl (C=O) groups excluding carboxylic acids is 4. The maximum Gasteiger partial charge on any atom is 0.384 e. The van der Waals surface area contributed by atoms with Crippen molar-refractivity contribution in [3.8, 4) is 11.1 Å². The monoisotopic (exact) mass is 866 g/mol. The average Bonchev–Trinajstić information content (AvgIpc) is 3.44. The second-order valence-electron chi connectivity index (χ2n) is 12.9. The molecule has 0 atom stereocenters. The molecule has 21 nitrogen and oxygen atoms in total. The SMILES string of the molecule is Nc1ccc2c(-c3cc(C(=O)NCCCCCC(=O)ON4C(=O)CCC4=O)ccc3C(=O)O)c3ccc(N)c(S(=O)(=O)NCCCS(=O)(=O)O)c3[o+]c2c1S(=O)(=O)O. The Kier molecular flexibility index (Phi) is 12.7. The van der Waals surface area contributed by atoms with Crippen molar-refractivity contribution >= 4 is 93.2 Å². The van der Waals surface area contributed by atoms with E-state index < -0.39 is 110 Å². The van der Waals surface area contributed by atoms with Crippen molar-refractivity contribution in [3.05, 3.63) is 53.6 Å². The summed E-state index contributed by atoms with van der Waals surface area (Å²) in [6, 6.07) is 8.12. The van der Waals surface area contributed by atoms with Gasteiger partial charge in [-0.1, -0.05) is 6.42 Å². The Morgan fingerprint density at radius 2 is 1.40 bits per heavy atom. The molecule has 0 radical (unpaired) electrons. The van der Waals surface area contributed by atoms with Gasteiger partial charge in [-0.25, -0.2) is 27.1 Å². The van der Waals surface area contributed by atoms with Crippen LogP contribution in [0.2, 0.25) is 0 Å². The third-order valence-corrected chi connectivity index (χ3v) is 12.0. The molecule has 0 aliphatic carbocycles. The van der Waals surface area contributed by atoms with Crippen LogP contribution < -0.4 is 21.5 Å². The van der Waals surface area contributed by atoms with Crippen molar-refractivity contribution in [2.75, 3.05) is 30.3 Å². The molecule has 0 bridgehead atoms. The van der Waals surface area contributed by atoms with Crippen LogP contribution in [0.3, 0.4) is 0 Å². The second-order valence-corrected chi connectivity index (χ2v) is 17.5. The van der Waals surface area contributed by atoms with E-state index in [2.05, 4.69) is 10.0 Å². The van der Waals surface area contributed by atoms with E-state index in [1.807, 2.05) is 0 Å². The van der Waals surface area contributed by atoms with E-state index in [-0.39, 0.29) is 59.7 Å². The normalized spacial score (nSPS) is 13.7. The summed E-state index contributed by atoms with van der Waals surface area (Å²) in [4.78, 5) is 64.4. The van der Waals surface area contributed by atoms with Crippen LogP contribution in [0.4, 0.5) is 11.4 Å². The van der Waals surface area contributed by atoms with Crippen LogP contribution >= 0.6 is 0 Å². The molecule has 1 fully saturated rings. The second kappa shape index (κ2) is 17.0. The van der Waals surface area contributed by atoms with Crippen molar-refractivity contribution in [1.82, 2.24) is 15.1 Å². The van der Waals surface area contributed by atoms with Crippen LogP contribution in [0.1, 0.15) is 65.7 Å². The molecular weight excluding hydrogens is 831 g/mol. The number of anilines is 2. The van der Waals surface area contributed by atoms with Crippen LogP contribution in [0.15, 0.2) is 56.7 Å². The Balaban J connectivity index is 1.53. The zero-order valence-electron chi connectivity index (χ0n) is 30.1. The molecule has 1 aromatic heterocycles. The first-order chi connectivity index (χ1) is 27.1. The Morgan fingerprint density at radius 1 is 0.793 bits per heavy atom. The van der Waals surface area contributed by atoms with Crippen molar-refractivity contribution in [1.29, 1.82) is 0 Å². The highest BCUT2D eigenvalue weighted by Gasteiger charge is 2.37. The zero-order chi connectivity index (χ0) is 42.7. The van der Waals surface area contributed by atoms with Crippen LogP contribution in [0.25, 0.3) is 33.1 Å². The topological polar surface area (TPSA) is 348 Å². The number of nitrogen functional groups attached to an aromatic ring is 2. The number of amides is 3. The number of benzene rings is 3. The fourth-order valence-corrected chi connectivity index (χ4v) is 8.72. The lowest BCUT2D eigenvalue weighted by atomic mass is 9.91. The molecule has 4 aromatic rings. The van der Waals surface area contributed by atoms with E-state index in [0.717, 1.165) is 24.3 Å². The molecule has 58 heavy (non-hydrogen) atoms. The molecule has 3 aromatic carbocycles. The van der Waals surface area contributed by atoms with Crippen LogP contribution in [0, 0.1) is 0 Å². The van der Waals surface area contributed by atoms with E-state index in [1.165, 1.54) is 18.2 Å². The molecule has 0 saturated carbocycles. The summed E-state index contributed by atoms with van der Waals surface area (Å²) in [5.74, 6) is -5.01. The first-order valence-corrected chi connectivity index (χ1v) is 21.7. The molecule has 5 rings (SSSR count). The Bertz CT molecular complexity index is 2710. The van der Waals surface area contributed by atoms with Crippen molar-refractivity contribution in [3.63, 3.8) is 0 Å². The van der Waals surface area contributed by atoms with E-state index >= 15 is 0 Å². The number of sulfonamides is 1. The molecule has 310 valence electrons. The minimum Gasteiger partial charge on any atom is -0.478 e. The molecule has 1 saturated heterocycles. The summed E-state index contributed by atoms with van der Waals surface area (Å²) in [6.07, 6.45) is 0.477. The summed E-state index contributed by atoms with van der Waals surface area (Å²) in [6.45, 7) is -0.449. The molecule has 1 aliphatic rings. The fraction of sp³-hybridized carbons (Fsp3) is 0.294. The van der Waals surface area contributed by atoms with Crippen LogP contribution in [0.5, 0.6) is 0 Å². The predicted molar refractivity (Wildman–Crippen MR) is 203 cm³/mol. The maximum absolute atomic E-state index is 13.7. The molecular formula is C34H36N5O16S3+. The van der Waals surface area contributed by atoms with E-state index in [9.17, 15) is 58.9 Å². The minimum atomic E-state index is -5.23. The van der Waals surface area contributed by atoms with Gasteiger partial charge in [0.05, 0.1) is 33.5 Å². The number of imide groups is 1. The van der Waals surface area contributed by atoms with Gasteiger partial charge in [-0.2, -0.15) is 16.8 Å². The minimum absolute atomic E-state index is 0.0469. The Hall–Kier alpha value is -5.79. The maximum atomic E-state index is 13.7. The van der Waals surface area contributed by atoms with Gasteiger partial charge in [0.25, 0.3) is 37.9 Å². The summed E-state index contributed by atoms with van der Waals surface area (Å²) < 4.78 is 102. The van der Waals surface area contributed by atoms with Gasteiger partial charge in [0.15, 0.2) is 0 Å². The summed E-state index contributed by atoms with van der Waals surface area (Å²) in [7, 11) is -14.4. The number of unbranched alkanes of at least 4 members (excludes halogenated alkanes) is 2. The quantitative estimate of drug-likeness (QED) is 0.0199. The molecule has 3 amide bonds. The molecule has 24 heteroatoms. The molecule has 0 spiro atoms. The number of nitrogens with zero attached hydrogens (tertiary/aromatic N) is 1. The molecule has 2 heterocycles. The highest BCUT2D eigenvalue weighted by Crippen LogP contribution is 2.44. The lowest BCUT2D eigenvalue weighted by molar-refractivity contribution is -0.197. The third kappa shape index (κ3) is 9.66. The number of hydrogen-bond donors (Lipinski definition) is 7. The number of carboxylic acid groups (broad SMARTS) is 1. The van der Waals surface area contributed by atoms with Gasteiger partial charge in [0.1, 0.15) is 0 Å². The Morgan fingerprint density at radius 3 is 1.98 bits per heavy atom. The fourth-order valence-electron chi connectivity index (χ4n) is 6.13. The smallest absolute Gasteiger partial charge is 0.384 e. The van der Waals surface area contributed by atoms with Gasteiger partial charge in [-0.3, -0.25) is 23.5 Å². The molecule has 0 unspecified atom stereocenters. The Labute approximate surface area is 329 Å². The van der Waals surface area contributed by atoms with E-state index in [1.54, 1.807) is 0 Å². The lowest BCUT2D eigenvalue weighted by Crippen LogP contribution is -2.31. The van der Waals surface area contributed by atoms with Crippen molar-refractivity contribution < 1.29 is 72.7 Å². The highest BCUT2D eigenvalue weighted by atomic mass is 32.2.